The van der Waals surface area contributed by atoms with Crippen LogP contribution in [0.5, 0.6) is 5.75 Å². The van der Waals surface area contributed by atoms with Crippen LogP contribution in [0.15, 0.2) is 66.9 Å². The van der Waals surface area contributed by atoms with E-state index in [0.29, 0.717) is 60.4 Å². The molecule has 2 aliphatic heterocycles. The lowest BCUT2D eigenvalue weighted by Gasteiger charge is -2.34. The van der Waals surface area contributed by atoms with Crippen LogP contribution in [0.2, 0.25) is 10.0 Å². The molecule has 3 aromatic rings. The van der Waals surface area contributed by atoms with Crippen molar-refractivity contribution in [3.8, 4) is 11.8 Å². The number of halogens is 2. The number of pyridine rings is 1. The van der Waals surface area contributed by atoms with E-state index in [1.54, 1.807) is 48.5 Å². The predicted molar refractivity (Wildman–Crippen MR) is 154 cm³/mol. The summed E-state index contributed by atoms with van der Waals surface area (Å²) in [6.45, 7) is 2.30. The van der Waals surface area contributed by atoms with Gasteiger partial charge < -0.3 is 19.4 Å². The number of hydrogen-bond acceptors (Lipinski definition) is 6. The first-order chi connectivity index (χ1) is 19.3. The molecule has 1 aromatic heterocycles. The number of piperidine rings is 1. The van der Waals surface area contributed by atoms with E-state index in [1.165, 1.54) is 0 Å². The second-order valence-electron chi connectivity index (χ2n) is 10.2. The number of anilines is 1. The highest BCUT2D eigenvalue weighted by Crippen LogP contribution is 2.34. The van der Waals surface area contributed by atoms with E-state index in [1.807, 2.05) is 35.2 Å². The number of amides is 2. The van der Waals surface area contributed by atoms with Gasteiger partial charge in [0.05, 0.1) is 16.6 Å². The molecule has 2 fully saturated rings. The first kappa shape index (κ1) is 27.8. The Morgan fingerprint density at radius 3 is 2.40 bits per heavy atom. The average molecular weight is 579 g/mol. The summed E-state index contributed by atoms with van der Waals surface area (Å²) >= 11 is 12.3. The Morgan fingerprint density at radius 2 is 1.75 bits per heavy atom. The number of carbonyl (C=O) groups excluding carboxylic acids is 2. The lowest BCUT2D eigenvalue weighted by atomic mass is 9.93. The number of rotatable bonds is 5. The smallest absolute Gasteiger partial charge is 0.409 e. The largest absolute Gasteiger partial charge is 0.415 e. The normalized spacial score (nSPS) is 19.2. The summed E-state index contributed by atoms with van der Waals surface area (Å²) in [4.78, 5) is 36.9. The third kappa shape index (κ3) is 6.01. The second kappa shape index (κ2) is 12.2. The van der Waals surface area contributed by atoms with Crippen LogP contribution in [0.25, 0.3) is 0 Å². The molecule has 0 radical (unpaired) electrons. The third-order valence-electron chi connectivity index (χ3n) is 7.76. The number of nitrogens with zero attached hydrogens (tertiary/aromatic N) is 5. The first-order valence-electron chi connectivity index (χ1n) is 13.2. The van der Waals surface area contributed by atoms with Crippen molar-refractivity contribution < 1.29 is 14.3 Å². The van der Waals surface area contributed by atoms with Crippen molar-refractivity contribution in [1.29, 1.82) is 5.26 Å². The number of nitriles is 1. The molecule has 0 aliphatic carbocycles. The number of likely N-dealkylation sites (tertiary alicyclic amines) is 1. The van der Waals surface area contributed by atoms with Crippen molar-refractivity contribution >= 4 is 41.0 Å². The number of benzene rings is 2. The van der Waals surface area contributed by atoms with E-state index >= 15 is 0 Å². The van der Waals surface area contributed by atoms with Crippen molar-refractivity contribution in [3.63, 3.8) is 0 Å². The molecule has 3 heterocycles. The molecule has 0 bridgehead atoms. The van der Waals surface area contributed by atoms with Gasteiger partial charge in [-0.05, 0) is 54.8 Å². The molecule has 0 saturated carbocycles. The van der Waals surface area contributed by atoms with Gasteiger partial charge in [0.25, 0.3) is 0 Å². The van der Waals surface area contributed by atoms with E-state index in [0.717, 1.165) is 11.4 Å². The quantitative estimate of drug-likeness (QED) is 0.392. The molecule has 206 valence electrons. The molecular formula is C30H29Cl2N5O3. The minimum atomic E-state index is -0.533. The maximum absolute atomic E-state index is 13.7. The number of likely N-dealkylation sites (N-methyl/N-ethyl adjacent to an activating group) is 1. The van der Waals surface area contributed by atoms with E-state index in [-0.39, 0.29) is 23.8 Å². The van der Waals surface area contributed by atoms with Crippen LogP contribution in [0.1, 0.15) is 29.9 Å². The maximum atomic E-state index is 13.7. The van der Waals surface area contributed by atoms with Gasteiger partial charge in [0, 0.05) is 56.3 Å². The average Bonchev–Trinajstić information content (AvgIpc) is 3.43. The Kier molecular flexibility index (Phi) is 8.43. The predicted octanol–water partition coefficient (Wildman–Crippen LogP) is 5.60. The summed E-state index contributed by atoms with van der Waals surface area (Å²) in [7, 11) is 1.70. The zero-order valence-electron chi connectivity index (χ0n) is 22.0. The first-order valence-corrected chi connectivity index (χ1v) is 13.9. The van der Waals surface area contributed by atoms with Gasteiger partial charge in [0.1, 0.15) is 11.9 Å². The summed E-state index contributed by atoms with van der Waals surface area (Å²) in [5.74, 6) is 0.987. The van der Waals surface area contributed by atoms with Crippen LogP contribution < -0.4 is 9.64 Å². The van der Waals surface area contributed by atoms with Crippen molar-refractivity contribution in [3.05, 3.63) is 88.0 Å². The Bertz CT molecular complexity index is 1400. The number of para-hydroxylation sites is 1. The molecule has 10 heteroatoms. The molecule has 8 nitrogen and oxygen atoms in total. The van der Waals surface area contributed by atoms with Crippen LogP contribution in [0.4, 0.5) is 10.6 Å². The fourth-order valence-corrected chi connectivity index (χ4v) is 5.78. The molecule has 2 aromatic carbocycles. The molecule has 2 saturated heterocycles. The minimum absolute atomic E-state index is 0.0989. The SMILES string of the molecule is CN(C(=O)Oc1ccccc1Cl)[C@@H]1CN(C(=O)C2CCN(c3ccc(C#N)cn3)CC2)C[C@H]1c1ccc(Cl)cc1. The van der Waals surface area contributed by atoms with Crippen LogP contribution >= 0.6 is 23.2 Å². The van der Waals surface area contributed by atoms with Crippen molar-refractivity contribution in [2.24, 2.45) is 5.92 Å². The molecule has 0 N–H and O–H groups in total. The molecule has 2 aliphatic rings. The summed E-state index contributed by atoms with van der Waals surface area (Å²) in [5.41, 5.74) is 1.53. The van der Waals surface area contributed by atoms with E-state index in [2.05, 4.69) is 16.0 Å². The number of ether oxygens (including phenoxy) is 1. The Morgan fingerprint density at radius 1 is 1.02 bits per heavy atom. The van der Waals surface area contributed by atoms with Crippen LogP contribution in [-0.2, 0) is 4.79 Å². The molecule has 0 spiro atoms. The van der Waals surface area contributed by atoms with Gasteiger partial charge in [-0.1, -0.05) is 47.5 Å². The van der Waals surface area contributed by atoms with Crippen molar-refractivity contribution in [2.45, 2.75) is 24.8 Å². The van der Waals surface area contributed by atoms with Gasteiger partial charge in [-0.2, -0.15) is 5.26 Å². The molecular weight excluding hydrogens is 549 g/mol. The zero-order chi connectivity index (χ0) is 28.2. The van der Waals surface area contributed by atoms with Crippen molar-refractivity contribution in [2.75, 3.05) is 38.1 Å². The second-order valence-corrected chi connectivity index (χ2v) is 11.0. The van der Waals surface area contributed by atoms with Crippen molar-refractivity contribution in [1.82, 2.24) is 14.8 Å². The highest BCUT2D eigenvalue weighted by molar-refractivity contribution is 6.32. The number of aromatic nitrogens is 1. The molecule has 40 heavy (non-hydrogen) atoms. The van der Waals surface area contributed by atoms with Gasteiger partial charge in [-0.15, -0.1) is 0 Å². The monoisotopic (exact) mass is 577 g/mol. The summed E-state index contributed by atoms with van der Waals surface area (Å²) < 4.78 is 5.60. The third-order valence-corrected chi connectivity index (χ3v) is 8.33. The Balaban J connectivity index is 1.28. The van der Waals surface area contributed by atoms with E-state index < -0.39 is 6.09 Å². The Hall–Kier alpha value is -3.80. The molecule has 0 unspecified atom stereocenters. The molecule has 2 atom stereocenters. The zero-order valence-corrected chi connectivity index (χ0v) is 23.6. The lowest BCUT2D eigenvalue weighted by molar-refractivity contribution is -0.135. The minimum Gasteiger partial charge on any atom is -0.409 e. The van der Waals surface area contributed by atoms with Crippen LogP contribution in [0.3, 0.4) is 0 Å². The standard InChI is InChI=1S/C30H29Cl2N5O3/c1-35(30(39)40-27-5-3-2-4-25(27)32)26-19-37(18-24(26)21-7-9-23(31)10-8-21)29(38)22-12-14-36(15-13-22)28-11-6-20(16-33)17-34-28/h2-11,17,22,24,26H,12-15,18-19H2,1H3/t24-,26+/m0/s1. The van der Waals surface area contributed by atoms with E-state index in [4.69, 9.17) is 33.2 Å². The van der Waals surface area contributed by atoms with Gasteiger partial charge in [0.15, 0.2) is 5.75 Å². The van der Waals surface area contributed by atoms with Gasteiger partial charge in [-0.3, -0.25) is 4.79 Å². The fraction of sp³-hybridized carbons (Fsp3) is 0.333. The molecule has 5 rings (SSSR count). The lowest BCUT2D eigenvalue weighted by Crippen LogP contribution is -2.45. The number of carbonyl (C=O) groups is 2. The fourth-order valence-electron chi connectivity index (χ4n) is 5.48. The summed E-state index contributed by atoms with van der Waals surface area (Å²) in [5, 5.41) is 9.99. The number of hydrogen-bond donors (Lipinski definition) is 0. The summed E-state index contributed by atoms with van der Waals surface area (Å²) in [6.07, 6.45) is 2.45. The van der Waals surface area contributed by atoms with Gasteiger partial charge >= 0.3 is 6.09 Å². The van der Waals surface area contributed by atoms with Gasteiger partial charge in [-0.25, -0.2) is 9.78 Å². The molecule has 2 amide bonds. The van der Waals surface area contributed by atoms with Gasteiger partial charge in [0.2, 0.25) is 5.91 Å². The topological polar surface area (TPSA) is 89.8 Å². The Labute approximate surface area is 243 Å². The summed E-state index contributed by atoms with van der Waals surface area (Å²) in [6, 6.07) is 19.8. The highest BCUT2D eigenvalue weighted by Gasteiger charge is 2.42. The highest BCUT2D eigenvalue weighted by atomic mass is 35.5. The van der Waals surface area contributed by atoms with Crippen LogP contribution in [0, 0.1) is 17.2 Å². The van der Waals surface area contributed by atoms with E-state index in [9.17, 15) is 9.59 Å². The van der Waals surface area contributed by atoms with Crippen LogP contribution in [-0.4, -0.2) is 66.1 Å². The maximum Gasteiger partial charge on any atom is 0.415 e.